The Hall–Kier alpha value is -1.86. The molecule has 2 N–H and O–H groups in total. The fourth-order valence-corrected chi connectivity index (χ4v) is 2.52. The number of benzene rings is 1. The van der Waals surface area contributed by atoms with Crippen molar-refractivity contribution in [2.75, 3.05) is 20.7 Å². The lowest BCUT2D eigenvalue weighted by Gasteiger charge is -2.09. The van der Waals surface area contributed by atoms with Crippen LogP contribution < -0.4 is 14.8 Å². The Morgan fingerprint density at radius 2 is 2.10 bits per heavy atom. The van der Waals surface area contributed by atoms with E-state index in [-0.39, 0.29) is 16.6 Å². The second kappa shape index (κ2) is 7.80. The summed E-state index contributed by atoms with van der Waals surface area (Å²) in [4.78, 5) is 11.5. The molecule has 1 aromatic carbocycles. The number of nitrogens with one attached hydrogen (secondary N) is 2. The molecule has 0 unspecified atom stereocenters. The van der Waals surface area contributed by atoms with E-state index in [0.717, 1.165) is 6.42 Å². The molecule has 116 valence electrons. The molecule has 0 saturated carbocycles. The largest absolute Gasteiger partial charge is 0.495 e. The van der Waals surface area contributed by atoms with E-state index in [1.165, 1.54) is 26.3 Å². The zero-order valence-corrected chi connectivity index (χ0v) is 13.2. The van der Waals surface area contributed by atoms with E-state index in [4.69, 9.17) is 4.74 Å². The standard InChI is InChI=1S/C14H20N2O4S/c1-4-9-16-14(17)8-6-11-5-7-12(20-3)13(10-11)21(18,19)15-2/h5-8,10,15H,4,9H2,1-3H3,(H,16,17)/b8-6+. The maximum absolute atomic E-state index is 11.9. The van der Waals surface area contributed by atoms with Gasteiger partial charge in [-0.3, -0.25) is 4.79 Å². The molecule has 7 heteroatoms. The average Bonchev–Trinajstić information content (AvgIpc) is 2.50. The molecule has 0 aromatic heterocycles. The molecule has 0 fully saturated rings. The highest BCUT2D eigenvalue weighted by Crippen LogP contribution is 2.25. The lowest BCUT2D eigenvalue weighted by atomic mass is 10.2. The van der Waals surface area contributed by atoms with Gasteiger partial charge in [0.2, 0.25) is 15.9 Å². The van der Waals surface area contributed by atoms with Crippen LogP contribution in [0.15, 0.2) is 29.2 Å². The van der Waals surface area contributed by atoms with Crippen LogP contribution in [0.3, 0.4) is 0 Å². The molecule has 0 aliphatic heterocycles. The van der Waals surface area contributed by atoms with E-state index in [9.17, 15) is 13.2 Å². The number of methoxy groups -OCH3 is 1. The van der Waals surface area contributed by atoms with Gasteiger partial charge in [-0.2, -0.15) is 0 Å². The molecule has 1 aromatic rings. The molecule has 1 rings (SSSR count). The first-order valence-electron chi connectivity index (χ1n) is 6.52. The van der Waals surface area contributed by atoms with Gasteiger partial charge in [-0.25, -0.2) is 13.1 Å². The van der Waals surface area contributed by atoms with Crippen molar-refractivity contribution in [1.82, 2.24) is 10.0 Å². The molecular weight excluding hydrogens is 292 g/mol. The number of carbonyl (C=O) groups excluding carboxylic acids is 1. The molecule has 0 radical (unpaired) electrons. The summed E-state index contributed by atoms with van der Waals surface area (Å²) in [5, 5.41) is 2.70. The van der Waals surface area contributed by atoms with E-state index >= 15 is 0 Å². The highest BCUT2D eigenvalue weighted by molar-refractivity contribution is 7.89. The van der Waals surface area contributed by atoms with E-state index < -0.39 is 10.0 Å². The molecule has 0 bridgehead atoms. The molecule has 0 spiro atoms. The summed E-state index contributed by atoms with van der Waals surface area (Å²) in [7, 11) is -0.896. The minimum atomic E-state index is -3.63. The van der Waals surface area contributed by atoms with Crippen molar-refractivity contribution in [2.45, 2.75) is 18.2 Å². The Morgan fingerprint density at radius 3 is 2.67 bits per heavy atom. The van der Waals surface area contributed by atoms with E-state index in [1.54, 1.807) is 18.2 Å². The Bertz CT molecular complexity index is 624. The van der Waals surface area contributed by atoms with E-state index in [2.05, 4.69) is 10.0 Å². The van der Waals surface area contributed by atoms with Gasteiger partial charge in [0.25, 0.3) is 0 Å². The minimum absolute atomic E-state index is 0.0311. The van der Waals surface area contributed by atoms with Crippen LogP contribution in [0.2, 0.25) is 0 Å². The van der Waals surface area contributed by atoms with Gasteiger partial charge in [-0.15, -0.1) is 0 Å². The Labute approximate surface area is 125 Å². The topological polar surface area (TPSA) is 84.5 Å². The minimum Gasteiger partial charge on any atom is -0.495 e. The van der Waals surface area contributed by atoms with Crippen LogP contribution in [0, 0.1) is 0 Å². The maximum atomic E-state index is 11.9. The zero-order valence-electron chi connectivity index (χ0n) is 12.3. The summed E-state index contributed by atoms with van der Waals surface area (Å²) in [6, 6.07) is 4.68. The van der Waals surface area contributed by atoms with E-state index in [1.807, 2.05) is 6.92 Å². The zero-order chi connectivity index (χ0) is 15.9. The van der Waals surface area contributed by atoms with Gasteiger partial charge in [-0.05, 0) is 37.2 Å². The second-order valence-corrected chi connectivity index (χ2v) is 6.10. The molecule has 1 amide bonds. The van der Waals surface area contributed by atoms with Crippen molar-refractivity contribution in [3.63, 3.8) is 0 Å². The molecule has 0 aliphatic rings. The summed E-state index contributed by atoms with van der Waals surface area (Å²) >= 11 is 0. The second-order valence-electron chi connectivity index (χ2n) is 4.24. The van der Waals surface area contributed by atoms with Gasteiger partial charge < -0.3 is 10.1 Å². The van der Waals surface area contributed by atoms with E-state index in [0.29, 0.717) is 12.1 Å². The number of hydrogen-bond donors (Lipinski definition) is 2. The fraction of sp³-hybridized carbons (Fsp3) is 0.357. The number of rotatable bonds is 7. The number of ether oxygens (including phenoxy) is 1. The van der Waals surface area contributed by atoms with Crippen LogP contribution in [0.5, 0.6) is 5.75 Å². The van der Waals surface area contributed by atoms with Crippen LogP contribution in [-0.4, -0.2) is 35.0 Å². The summed E-state index contributed by atoms with van der Waals surface area (Å²) in [5.41, 5.74) is 0.594. The molecule has 0 aliphatic carbocycles. The normalized spacial score (nSPS) is 11.6. The lowest BCUT2D eigenvalue weighted by molar-refractivity contribution is -0.116. The third-order valence-electron chi connectivity index (χ3n) is 2.72. The van der Waals surface area contributed by atoms with Gasteiger partial charge in [0.15, 0.2) is 0 Å². The van der Waals surface area contributed by atoms with Crippen molar-refractivity contribution in [2.24, 2.45) is 0 Å². The third kappa shape index (κ3) is 4.87. The summed E-state index contributed by atoms with van der Waals surface area (Å²) in [6.45, 7) is 2.56. The SMILES string of the molecule is CCCNC(=O)/C=C/c1ccc(OC)c(S(=O)(=O)NC)c1. The molecule has 0 saturated heterocycles. The molecule has 6 nitrogen and oxygen atoms in total. The number of amides is 1. The van der Waals surface area contributed by atoms with Crippen molar-refractivity contribution in [3.05, 3.63) is 29.8 Å². The quantitative estimate of drug-likeness (QED) is 0.740. The summed E-state index contributed by atoms with van der Waals surface area (Å²) in [5.74, 6) is 0.0302. The molecule has 21 heavy (non-hydrogen) atoms. The number of carbonyl (C=O) groups is 1. The smallest absolute Gasteiger partial charge is 0.244 e. The monoisotopic (exact) mass is 312 g/mol. The molecule has 0 heterocycles. The van der Waals surface area contributed by atoms with Crippen LogP contribution in [-0.2, 0) is 14.8 Å². The van der Waals surface area contributed by atoms with Gasteiger partial charge in [-0.1, -0.05) is 13.0 Å². The van der Waals surface area contributed by atoms with Crippen molar-refractivity contribution in [3.8, 4) is 5.75 Å². The van der Waals surface area contributed by atoms with Gasteiger partial charge in [0, 0.05) is 12.6 Å². The first kappa shape index (κ1) is 17.2. The third-order valence-corrected chi connectivity index (χ3v) is 4.16. The van der Waals surface area contributed by atoms with Gasteiger partial charge in [0.1, 0.15) is 10.6 Å². The van der Waals surface area contributed by atoms with Crippen molar-refractivity contribution in [1.29, 1.82) is 0 Å². The first-order chi connectivity index (χ1) is 9.94. The Balaban J connectivity index is 3.04. The molecule has 0 atom stereocenters. The predicted octanol–water partition coefficient (Wildman–Crippen LogP) is 1.14. The fourth-order valence-electron chi connectivity index (χ4n) is 1.60. The lowest BCUT2D eigenvalue weighted by Crippen LogP contribution is -2.21. The van der Waals surface area contributed by atoms with Crippen LogP contribution in [0.1, 0.15) is 18.9 Å². The highest BCUT2D eigenvalue weighted by atomic mass is 32.2. The first-order valence-corrected chi connectivity index (χ1v) is 8.00. The van der Waals surface area contributed by atoms with Gasteiger partial charge in [0.05, 0.1) is 7.11 Å². The van der Waals surface area contributed by atoms with Crippen molar-refractivity contribution >= 4 is 22.0 Å². The van der Waals surface area contributed by atoms with Crippen LogP contribution >= 0.6 is 0 Å². The Morgan fingerprint density at radius 1 is 1.38 bits per heavy atom. The maximum Gasteiger partial charge on any atom is 0.244 e. The van der Waals surface area contributed by atoms with Crippen LogP contribution in [0.25, 0.3) is 6.08 Å². The average molecular weight is 312 g/mol. The summed E-state index contributed by atoms with van der Waals surface area (Å²) in [6.07, 6.45) is 3.78. The number of hydrogen-bond acceptors (Lipinski definition) is 4. The van der Waals surface area contributed by atoms with Crippen molar-refractivity contribution < 1.29 is 17.9 Å². The highest BCUT2D eigenvalue weighted by Gasteiger charge is 2.17. The number of sulfonamides is 1. The molecular formula is C14H20N2O4S. The van der Waals surface area contributed by atoms with Crippen LogP contribution in [0.4, 0.5) is 0 Å². The Kier molecular flexibility index (Phi) is 6.39. The van der Waals surface area contributed by atoms with Gasteiger partial charge >= 0.3 is 0 Å². The predicted molar refractivity (Wildman–Crippen MR) is 81.6 cm³/mol. The summed E-state index contributed by atoms with van der Waals surface area (Å²) < 4.78 is 31.1.